The monoisotopic (exact) mass is 456 g/mol. The molecule has 3 aromatic rings. The molecule has 0 unspecified atom stereocenters. The predicted molar refractivity (Wildman–Crippen MR) is 127 cm³/mol. The van der Waals surface area contributed by atoms with Crippen molar-refractivity contribution < 1.29 is 14.3 Å². The quantitative estimate of drug-likeness (QED) is 0.249. The maximum Gasteiger partial charge on any atom is 0.176 e. The van der Waals surface area contributed by atoms with Crippen LogP contribution in [0, 0.1) is 5.92 Å². The van der Waals surface area contributed by atoms with Gasteiger partial charge in [0.05, 0.1) is 25.5 Å². The van der Waals surface area contributed by atoms with Gasteiger partial charge in [-0.2, -0.15) is 0 Å². The molecule has 31 heavy (non-hydrogen) atoms. The van der Waals surface area contributed by atoms with Gasteiger partial charge in [0.15, 0.2) is 5.78 Å². The van der Waals surface area contributed by atoms with Crippen LogP contribution in [0.4, 0.5) is 0 Å². The zero-order valence-electron chi connectivity index (χ0n) is 18.7. The van der Waals surface area contributed by atoms with Crippen LogP contribution in [0.3, 0.4) is 0 Å². The minimum atomic E-state index is -0.00340. The average molecular weight is 457 g/mol. The summed E-state index contributed by atoms with van der Waals surface area (Å²) in [6, 6.07) is 5.31. The smallest absolute Gasteiger partial charge is 0.176 e. The molecular formula is C24H28N2O3S2. The third-order valence-corrected chi connectivity index (χ3v) is 7.83. The second-order valence-electron chi connectivity index (χ2n) is 8.35. The highest BCUT2D eigenvalue weighted by Crippen LogP contribution is 2.41. The molecule has 0 fully saturated rings. The Bertz CT molecular complexity index is 1120. The molecule has 2 aromatic heterocycles. The minimum Gasteiger partial charge on any atom is -0.497 e. The van der Waals surface area contributed by atoms with E-state index in [4.69, 9.17) is 19.4 Å². The Morgan fingerprint density at radius 1 is 1.26 bits per heavy atom. The van der Waals surface area contributed by atoms with E-state index in [1.807, 2.05) is 0 Å². The number of rotatable bonds is 7. The number of aromatic nitrogens is 2. The number of fused-ring (bicyclic) bond motifs is 3. The van der Waals surface area contributed by atoms with Gasteiger partial charge >= 0.3 is 0 Å². The van der Waals surface area contributed by atoms with Crippen molar-refractivity contribution in [1.82, 2.24) is 9.97 Å². The Morgan fingerprint density at radius 2 is 2.06 bits per heavy atom. The topological polar surface area (TPSA) is 61.3 Å². The van der Waals surface area contributed by atoms with Crippen molar-refractivity contribution in [2.45, 2.75) is 51.0 Å². The van der Waals surface area contributed by atoms with Gasteiger partial charge in [-0.25, -0.2) is 9.97 Å². The summed E-state index contributed by atoms with van der Waals surface area (Å²) in [4.78, 5) is 25.4. The molecule has 0 saturated heterocycles. The number of thiophene rings is 1. The highest BCUT2D eigenvalue weighted by atomic mass is 32.2. The van der Waals surface area contributed by atoms with E-state index in [9.17, 15) is 4.79 Å². The highest BCUT2D eigenvalue weighted by Gasteiger charge is 2.25. The van der Waals surface area contributed by atoms with E-state index in [1.54, 1.807) is 43.8 Å². The first-order valence-corrected chi connectivity index (χ1v) is 12.4. The maximum absolute atomic E-state index is 13.1. The molecule has 1 aliphatic rings. The lowest BCUT2D eigenvalue weighted by Gasteiger charge is -2.18. The third-order valence-electron chi connectivity index (χ3n) is 5.70. The van der Waals surface area contributed by atoms with E-state index in [1.165, 1.54) is 28.6 Å². The molecule has 0 bridgehead atoms. The molecule has 1 aromatic carbocycles. The van der Waals surface area contributed by atoms with Crippen molar-refractivity contribution in [3.05, 3.63) is 40.0 Å². The predicted octanol–water partition coefficient (Wildman–Crippen LogP) is 5.93. The van der Waals surface area contributed by atoms with Gasteiger partial charge in [-0.15, -0.1) is 11.3 Å². The Labute approximate surface area is 191 Å². The normalized spacial score (nSPS) is 15.9. The molecule has 0 aliphatic heterocycles. The van der Waals surface area contributed by atoms with E-state index in [2.05, 4.69) is 20.8 Å². The number of methoxy groups -OCH3 is 2. The van der Waals surface area contributed by atoms with Crippen LogP contribution in [0.2, 0.25) is 0 Å². The molecule has 0 saturated carbocycles. The number of carbonyl (C=O) groups excluding carboxylic acids is 1. The van der Waals surface area contributed by atoms with E-state index in [0.717, 1.165) is 33.9 Å². The number of aryl methyl sites for hydroxylation is 1. The van der Waals surface area contributed by atoms with Gasteiger partial charge in [0.2, 0.25) is 0 Å². The summed E-state index contributed by atoms with van der Waals surface area (Å²) in [5.41, 5.74) is 1.92. The third kappa shape index (κ3) is 4.44. The van der Waals surface area contributed by atoms with Crippen molar-refractivity contribution in [2.75, 3.05) is 20.0 Å². The molecule has 5 nitrogen and oxygen atoms in total. The van der Waals surface area contributed by atoms with Crippen molar-refractivity contribution in [1.29, 1.82) is 0 Å². The summed E-state index contributed by atoms with van der Waals surface area (Å²) in [7, 11) is 3.17. The Balaban J connectivity index is 1.69. The van der Waals surface area contributed by atoms with Gasteiger partial charge in [0, 0.05) is 16.2 Å². The van der Waals surface area contributed by atoms with Crippen LogP contribution >= 0.6 is 23.1 Å². The van der Waals surface area contributed by atoms with E-state index >= 15 is 0 Å². The summed E-state index contributed by atoms with van der Waals surface area (Å²) < 4.78 is 10.7. The maximum atomic E-state index is 13.1. The molecule has 0 N–H and O–H groups in total. The number of hydrogen-bond acceptors (Lipinski definition) is 7. The molecule has 164 valence electrons. The van der Waals surface area contributed by atoms with Gasteiger partial charge in [-0.1, -0.05) is 32.5 Å². The molecular weight excluding hydrogens is 428 g/mol. The zero-order valence-corrected chi connectivity index (χ0v) is 20.3. The summed E-state index contributed by atoms with van der Waals surface area (Å²) in [6.07, 6.45) is 3.36. The average Bonchev–Trinajstić information content (AvgIpc) is 3.13. The van der Waals surface area contributed by atoms with Crippen LogP contribution in [-0.4, -0.2) is 35.7 Å². The lowest BCUT2D eigenvalue weighted by Crippen LogP contribution is -2.09. The summed E-state index contributed by atoms with van der Waals surface area (Å²) in [6.45, 7) is 6.53. The fraction of sp³-hybridized carbons (Fsp3) is 0.458. The van der Waals surface area contributed by atoms with E-state index < -0.39 is 0 Å². The molecule has 0 radical (unpaired) electrons. The number of carbonyl (C=O) groups is 1. The molecule has 1 atom stereocenters. The van der Waals surface area contributed by atoms with Crippen LogP contribution in [0.5, 0.6) is 11.5 Å². The van der Waals surface area contributed by atoms with Crippen molar-refractivity contribution in [3.63, 3.8) is 0 Å². The number of benzene rings is 1. The first-order valence-electron chi connectivity index (χ1n) is 10.6. The van der Waals surface area contributed by atoms with Crippen LogP contribution in [0.1, 0.15) is 59.7 Å². The van der Waals surface area contributed by atoms with Crippen molar-refractivity contribution >= 4 is 39.1 Å². The van der Waals surface area contributed by atoms with Gasteiger partial charge in [0.1, 0.15) is 27.2 Å². The number of hydrogen-bond donors (Lipinski definition) is 0. The molecule has 7 heteroatoms. The largest absolute Gasteiger partial charge is 0.497 e. The molecule has 4 rings (SSSR count). The number of ether oxygens (including phenoxy) is 2. The first-order chi connectivity index (χ1) is 14.9. The van der Waals surface area contributed by atoms with Gasteiger partial charge in [-0.05, 0) is 48.9 Å². The lowest BCUT2D eigenvalue weighted by atomic mass is 9.89. The lowest BCUT2D eigenvalue weighted by molar-refractivity contribution is 0.101. The molecule has 2 heterocycles. The SMILES string of the molecule is COc1ccc(OC)c(C(=O)CSc2nc(C(C)C)nc3sc4c(c23)CC[C@@H](C)C4)c1. The van der Waals surface area contributed by atoms with Crippen LogP contribution in [0.25, 0.3) is 10.2 Å². The number of ketones is 1. The second kappa shape index (κ2) is 9.17. The van der Waals surface area contributed by atoms with Gasteiger partial charge in [0.25, 0.3) is 0 Å². The van der Waals surface area contributed by atoms with E-state index in [0.29, 0.717) is 23.0 Å². The summed E-state index contributed by atoms with van der Waals surface area (Å²) in [5, 5.41) is 2.09. The Hall–Kier alpha value is -2.12. The number of thioether (sulfide) groups is 1. The second-order valence-corrected chi connectivity index (χ2v) is 10.4. The fourth-order valence-corrected chi connectivity index (χ4v) is 6.33. The summed E-state index contributed by atoms with van der Waals surface area (Å²) in [5.74, 6) is 3.26. The Morgan fingerprint density at radius 3 is 2.77 bits per heavy atom. The molecule has 1 aliphatic carbocycles. The Kier molecular flexibility index (Phi) is 6.53. The first kappa shape index (κ1) is 22.1. The van der Waals surface area contributed by atoms with Crippen LogP contribution in [0.15, 0.2) is 23.2 Å². The number of Topliss-reactive ketones (excluding diaryl/α,β-unsaturated/α-hetero) is 1. The van der Waals surface area contributed by atoms with Crippen molar-refractivity contribution in [2.24, 2.45) is 5.92 Å². The van der Waals surface area contributed by atoms with Crippen LogP contribution in [-0.2, 0) is 12.8 Å². The van der Waals surface area contributed by atoms with Gasteiger partial charge in [-0.3, -0.25) is 4.79 Å². The summed E-state index contributed by atoms with van der Waals surface area (Å²) >= 11 is 3.31. The molecule has 0 amide bonds. The molecule has 0 spiro atoms. The standard InChI is InChI=1S/C24H28N2O3S2/c1-13(2)22-25-23(21-16-8-6-14(3)10-20(16)31-24(21)26-22)30-12-18(27)17-11-15(28-4)7-9-19(17)29-5/h7,9,11,13-14H,6,8,10,12H2,1-5H3/t14-/m1/s1. The fourth-order valence-electron chi connectivity index (χ4n) is 3.93. The van der Waals surface area contributed by atoms with Crippen molar-refractivity contribution in [3.8, 4) is 11.5 Å². The zero-order chi connectivity index (χ0) is 22.1. The van der Waals surface area contributed by atoms with E-state index in [-0.39, 0.29) is 17.5 Å². The number of nitrogens with zero attached hydrogens (tertiary/aromatic N) is 2. The van der Waals surface area contributed by atoms with Gasteiger partial charge < -0.3 is 9.47 Å². The van der Waals surface area contributed by atoms with Crippen LogP contribution < -0.4 is 9.47 Å². The minimum absolute atomic E-state index is 0.00340. The highest BCUT2D eigenvalue weighted by molar-refractivity contribution is 8.00.